The highest BCUT2D eigenvalue weighted by molar-refractivity contribution is 5.96. The van der Waals surface area contributed by atoms with Gasteiger partial charge in [-0.15, -0.1) is 0 Å². The molecule has 0 atom stereocenters. The molecule has 18 heavy (non-hydrogen) atoms. The predicted molar refractivity (Wildman–Crippen MR) is 64.5 cm³/mol. The lowest BCUT2D eigenvalue weighted by atomic mass is 10.2. The zero-order chi connectivity index (χ0) is 13.5. The molecule has 0 aliphatic rings. The standard InChI is InChI=1S/C12H16FN3O2/c1-3-6-16(8-11(17)14-2)12(18)9-4-5-10(13)15-7-9/h4-5,7H,3,6,8H2,1-2H3,(H,14,17). The van der Waals surface area contributed by atoms with Crippen LogP contribution in [0.3, 0.4) is 0 Å². The molecule has 1 rings (SSSR count). The van der Waals surface area contributed by atoms with E-state index < -0.39 is 5.95 Å². The number of aromatic nitrogens is 1. The van der Waals surface area contributed by atoms with Gasteiger partial charge in [-0.25, -0.2) is 4.98 Å². The van der Waals surface area contributed by atoms with Gasteiger partial charge >= 0.3 is 0 Å². The minimum Gasteiger partial charge on any atom is -0.358 e. The fourth-order valence-corrected chi connectivity index (χ4v) is 1.46. The van der Waals surface area contributed by atoms with E-state index in [1.54, 1.807) is 0 Å². The number of pyridine rings is 1. The molecule has 0 saturated heterocycles. The van der Waals surface area contributed by atoms with Gasteiger partial charge in [-0.2, -0.15) is 4.39 Å². The van der Waals surface area contributed by atoms with Crippen molar-refractivity contribution in [2.75, 3.05) is 20.1 Å². The van der Waals surface area contributed by atoms with E-state index >= 15 is 0 Å². The summed E-state index contributed by atoms with van der Waals surface area (Å²) in [4.78, 5) is 28.2. The number of nitrogens with one attached hydrogen (secondary N) is 1. The van der Waals surface area contributed by atoms with Gasteiger partial charge in [0, 0.05) is 19.8 Å². The third-order valence-corrected chi connectivity index (χ3v) is 2.37. The van der Waals surface area contributed by atoms with E-state index in [9.17, 15) is 14.0 Å². The topological polar surface area (TPSA) is 62.3 Å². The maximum Gasteiger partial charge on any atom is 0.255 e. The summed E-state index contributed by atoms with van der Waals surface area (Å²) in [6, 6.07) is 2.48. The van der Waals surface area contributed by atoms with E-state index in [1.165, 1.54) is 24.2 Å². The Hall–Kier alpha value is -1.98. The lowest BCUT2D eigenvalue weighted by Gasteiger charge is -2.21. The number of rotatable bonds is 5. The van der Waals surface area contributed by atoms with Gasteiger partial charge in [-0.1, -0.05) is 6.92 Å². The molecule has 0 spiro atoms. The summed E-state index contributed by atoms with van der Waals surface area (Å²) in [5.74, 6) is -1.21. The molecule has 0 aliphatic heterocycles. The molecule has 0 radical (unpaired) electrons. The second-order valence-corrected chi connectivity index (χ2v) is 3.77. The normalized spacial score (nSPS) is 9.94. The molecule has 0 unspecified atom stereocenters. The summed E-state index contributed by atoms with van der Waals surface area (Å²) in [5.41, 5.74) is 0.272. The maximum absolute atomic E-state index is 12.7. The number of likely N-dealkylation sites (N-methyl/N-ethyl adjacent to an activating group) is 1. The average molecular weight is 253 g/mol. The van der Waals surface area contributed by atoms with Crippen molar-refractivity contribution in [3.8, 4) is 0 Å². The fraction of sp³-hybridized carbons (Fsp3) is 0.417. The number of amides is 2. The number of carbonyl (C=O) groups excluding carboxylic acids is 2. The first-order valence-corrected chi connectivity index (χ1v) is 5.70. The third kappa shape index (κ3) is 3.80. The summed E-state index contributed by atoms with van der Waals surface area (Å²) >= 11 is 0. The van der Waals surface area contributed by atoms with Gasteiger partial charge in [0.2, 0.25) is 11.9 Å². The Morgan fingerprint density at radius 1 is 1.44 bits per heavy atom. The highest BCUT2D eigenvalue weighted by Gasteiger charge is 2.17. The van der Waals surface area contributed by atoms with Crippen LogP contribution in [0.25, 0.3) is 0 Å². The van der Waals surface area contributed by atoms with E-state index in [4.69, 9.17) is 0 Å². The molecule has 0 saturated carbocycles. The largest absolute Gasteiger partial charge is 0.358 e. The molecule has 0 aliphatic carbocycles. The molecule has 1 N–H and O–H groups in total. The van der Waals surface area contributed by atoms with Crippen molar-refractivity contribution in [2.24, 2.45) is 0 Å². The third-order valence-electron chi connectivity index (χ3n) is 2.37. The minimum atomic E-state index is -0.639. The Balaban J connectivity index is 2.81. The van der Waals surface area contributed by atoms with Crippen LogP contribution in [0.4, 0.5) is 4.39 Å². The van der Waals surface area contributed by atoms with Gasteiger partial charge in [-0.05, 0) is 18.6 Å². The Morgan fingerprint density at radius 2 is 2.17 bits per heavy atom. The molecule has 1 aromatic heterocycles. The monoisotopic (exact) mass is 253 g/mol. The smallest absolute Gasteiger partial charge is 0.255 e. The van der Waals surface area contributed by atoms with Crippen LogP contribution in [0.15, 0.2) is 18.3 Å². The summed E-state index contributed by atoms with van der Waals surface area (Å²) in [6.45, 7) is 2.36. The van der Waals surface area contributed by atoms with Gasteiger partial charge < -0.3 is 10.2 Å². The van der Waals surface area contributed by atoms with Crippen LogP contribution >= 0.6 is 0 Å². The lowest BCUT2D eigenvalue weighted by molar-refractivity contribution is -0.121. The number of halogens is 1. The van der Waals surface area contributed by atoms with Crippen molar-refractivity contribution >= 4 is 11.8 Å². The first-order valence-electron chi connectivity index (χ1n) is 5.70. The molecular formula is C12H16FN3O2. The Kier molecular flexibility index (Phi) is 5.23. The van der Waals surface area contributed by atoms with Crippen LogP contribution in [-0.4, -0.2) is 41.8 Å². The Labute approximate surface area is 105 Å². The fourth-order valence-electron chi connectivity index (χ4n) is 1.46. The van der Waals surface area contributed by atoms with Crippen molar-refractivity contribution in [1.82, 2.24) is 15.2 Å². The Bertz CT molecular complexity index is 420. The van der Waals surface area contributed by atoms with Crippen molar-refractivity contribution in [1.29, 1.82) is 0 Å². The zero-order valence-electron chi connectivity index (χ0n) is 10.4. The van der Waals surface area contributed by atoms with Crippen LogP contribution in [0.5, 0.6) is 0 Å². The van der Waals surface area contributed by atoms with Crippen LogP contribution in [-0.2, 0) is 4.79 Å². The average Bonchev–Trinajstić information content (AvgIpc) is 2.38. The molecule has 6 heteroatoms. The van der Waals surface area contributed by atoms with Crippen LogP contribution in [0.1, 0.15) is 23.7 Å². The first kappa shape index (κ1) is 14.1. The van der Waals surface area contributed by atoms with E-state index in [0.717, 1.165) is 12.5 Å². The zero-order valence-corrected chi connectivity index (χ0v) is 10.4. The number of carbonyl (C=O) groups is 2. The molecule has 2 amide bonds. The molecule has 1 aromatic rings. The van der Waals surface area contributed by atoms with E-state index in [-0.39, 0.29) is 23.9 Å². The summed E-state index contributed by atoms with van der Waals surface area (Å²) in [5, 5.41) is 2.46. The summed E-state index contributed by atoms with van der Waals surface area (Å²) in [6.07, 6.45) is 1.90. The van der Waals surface area contributed by atoms with Gasteiger partial charge in [0.1, 0.15) is 0 Å². The van der Waals surface area contributed by atoms with Crippen LogP contribution in [0, 0.1) is 5.95 Å². The van der Waals surface area contributed by atoms with Gasteiger partial charge in [0.25, 0.3) is 5.91 Å². The second kappa shape index (κ2) is 6.68. The number of hydrogen-bond acceptors (Lipinski definition) is 3. The maximum atomic E-state index is 12.7. The molecule has 5 nitrogen and oxygen atoms in total. The van der Waals surface area contributed by atoms with Crippen LogP contribution in [0.2, 0.25) is 0 Å². The van der Waals surface area contributed by atoms with Gasteiger partial charge in [0.15, 0.2) is 0 Å². The molecule has 0 bridgehead atoms. The van der Waals surface area contributed by atoms with Crippen molar-refractivity contribution in [3.05, 3.63) is 29.8 Å². The quantitative estimate of drug-likeness (QED) is 0.790. The predicted octanol–water partition coefficient (Wildman–Crippen LogP) is 0.819. The second-order valence-electron chi connectivity index (χ2n) is 3.77. The van der Waals surface area contributed by atoms with Crippen LogP contribution < -0.4 is 5.32 Å². The SMILES string of the molecule is CCCN(CC(=O)NC)C(=O)c1ccc(F)nc1. The van der Waals surface area contributed by atoms with E-state index in [0.29, 0.717) is 6.54 Å². The van der Waals surface area contributed by atoms with Crippen molar-refractivity contribution in [3.63, 3.8) is 0 Å². The van der Waals surface area contributed by atoms with E-state index in [1.807, 2.05) is 6.92 Å². The summed E-state index contributed by atoms with van der Waals surface area (Å²) in [7, 11) is 1.51. The lowest BCUT2D eigenvalue weighted by Crippen LogP contribution is -2.40. The van der Waals surface area contributed by atoms with Crippen molar-refractivity contribution in [2.45, 2.75) is 13.3 Å². The molecule has 0 fully saturated rings. The van der Waals surface area contributed by atoms with Gasteiger partial charge in [-0.3, -0.25) is 9.59 Å². The molecule has 0 aromatic carbocycles. The molecule has 1 heterocycles. The number of nitrogens with zero attached hydrogens (tertiary/aromatic N) is 2. The molecule has 98 valence electrons. The summed E-state index contributed by atoms with van der Waals surface area (Å²) < 4.78 is 12.7. The van der Waals surface area contributed by atoms with E-state index in [2.05, 4.69) is 10.3 Å². The minimum absolute atomic E-state index is 0.0133. The highest BCUT2D eigenvalue weighted by atomic mass is 19.1. The molecular weight excluding hydrogens is 237 g/mol. The Morgan fingerprint density at radius 3 is 2.67 bits per heavy atom. The van der Waals surface area contributed by atoms with Crippen molar-refractivity contribution < 1.29 is 14.0 Å². The van der Waals surface area contributed by atoms with Gasteiger partial charge in [0.05, 0.1) is 12.1 Å². The first-order chi connectivity index (χ1) is 8.58. The number of hydrogen-bond donors (Lipinski definition) is 1. The highest BCUT2D eigenvalue weighted by Crippen LogP contribution is 2.05.